The van der Waals surface area contributed by atoms with E-state index in [0.29, 0.717) is 15.6 Å². The van der Waals surface area contributed by atoms with Crippen LogP contribution in [0.5, 0.6) is 0 Å². The van der Waals surface area contributed by atoms with Crippen molar-refractivity contribution in [3.8, 4) is 0 Å². The minimum Gasteiger partial charge on any atom is -0.297 e. The number of pyridine rings is 1. The number of piperidine rings is 1. The molecule has 0 radical (unpaired) electrons. The van der Waals surface area contributed by atoms with Crippen molar-refractivity contribution < 1.29 is 0 Å². The number of nitrogens with zero attached hydrogens (tertiary/aromatic N) is 2. The van der Waals surface area contributed by atoms with Crippen molar-refractivity contribution in [2.45, 2.75) is 40.2 Å². The molecule has 0 amide bonds. The Bertz CT molecular complexity index is 432. The number of likely N-dealkylation sites (tertiary alicyclic amines) is 1. The third-order valence-electron chi connectivity index (χ3n) is 4.07. The lowest BCUT2D eigenvalue weighted by Gasteiger charge is -2.38. The molecule has 1 saturated heterocycles. The third-order valence-corrected chi connectivity index (χ3v) is 4.62. The first kappa shape index (κ1) is 15.1. The van der Waals surface area contributed by atoms with Crippen molar-refractivity contribution in [2.75, 3.05) is 13.1 Å². The Balaban J connectivity index is 1.94. The van der Waals surface area contributed by atoms with Crippen molar-refractivity contribution in [2.24, 2.45) is 11.3 Å². The molecule has 2 nitrogen and oxygen atoms in total. The first-order valence-corrected chi connectivity index (χ1v) is 7.65. The molecule has 1 aliphatic heterocycles. The second kappa shape index (κ2) is 5.99. The van der Waals surface area contributed by atoms with Crippen LogP contribution in [0.25, 0.3) is 0 Å². The van der Waals surface area contributed by atoms with E-state index in [1.807, 2.05) is 6.07 Å². The monoisotopic (exact) mass is 300 g/mol. The smallest absolute Gasteiger partial charge is 0.129 e. The van der Waals surface area contributed by atoms with Gasteiger partial charge >= 0.3 is 0 Å². The Morgan fingerprint density at radius 3 is 2.42 bits per heavy atom. The van der Waals surface area contributed by atoms with Crippen LogP contribution in [-0.4, -0.2) is 23.0 Å². The van der Waals surface area contributed by atoms with E-state index < -0.39 is 0 Å². The molecule has 1 aromatic rings. The lowest BCUT2D eigenvalue weighted by Crippen LogP contribution is -2.37. The van der Waals surface area contributed by atoms with Gasteiger partial charge in [0.05, 0.1) is 10.7 Å². The topological polar surface area (TPSA) is 16.1 Å². The molecular weight excluding hydrogens is 279 g/mol. The molecule has 1 fully saturated rings. The van der Waals surface area contributed by atoms with Gasteiger partial charge in [-0.3, -0.25) is 4.90 Å². The first-order chi connectivity index (χ1) is 8.86. The van der Waals surface area contributed by atoms with E-state index in [-0.39, 0.29) is 0 Å². The zero-order chi connectivity index (χ0) is 14.0. The van der Waals surface area contributed by atoms with E-state index in [4.69, 9.17) is 23.2 Å². The number of hydrogen-bond acceptors (Lipinski definition) is 2. The van der Waals surface area contributed by atoms with Crippen molar-refractivity contribution in [1.82, 2.24) is 9.88 Å². The maximum Gasteiger partial charge on any atom is 0.129 e. The normalized spacial score (nSPS) is 18.8. The highest BCUT2D eigenvalue weighted by Gasteiger charge is 2.28. The minimum absolute atomic E-state index is 0.415. The second-order valence-corrected chi connectivity index (χ2v) is 7.27. The van der Waals surface area contributed by atoms with E-state index in [1.165, 1.54) is 12.8 Å². The molecule has 0 unspecified atom stereocenters. The quantitative estimate of drug-likeness (QED) is 0.739. The lowest BCUT2D eigenvalue weighted by molar-refractivity contribution is 0.107. The average molecular weight is 301 g/mol. The fourth-order valence-corrected chi connectivity index (χ4v) is 3.07. The molecule has 106 valence electrons. The Hall–Kier alpha value is -0.310. The molecule has 1 aliphatic rings. The first-order valence-electron chi connectivity index (χ1n) is 6.89. The summed E-state index contributed by atoms with van der Waals surface area (Å²) in [6.45, 7) is 10.0. The van der Waals surface area contributed by atoms with E-state index in [0.717, 1.165) is 31.2 Å². The van der Waals surface area contributed by atoms with Crippen LogP contribution in [0.3, 0.4) is 0 Å². The summed E-state index contributed by atoms with van der Waals surface area (Å²) in [6, 6.07) is 3.56. The summed E-state index contributed by atoms with van der Waals surface area (Å²) >= 11 is 12.1. The van der Waals surface area contributed by atoms with Gasteiger partial charge in [-0.15, -0.1) is 0 Å². The fourth-order valence-electron chi connectivity index (χ4n) is 2.74. The van der Waals surface area contributed by atoms with Crippen LogP contribution in [0.4, 0.5) is 0 Å². The molecule has 4 heteroatoms. The van der Waals surface area contributed by atoms with Crippen molar-refractivity contribution >= 4 is 23.2 Å². The van der Waals surface area contributed by atoms with Gasteiger partial charge in [0, 0.05) is 6.54 Å². The van der Waals surface area contributed by atoms with Gasteiger partial charge in [0.25, 0.3) is 0 Å². The molecule has 0 aromatic carbocycles. The maximum atomic E-state index is 6.17. The maximum absolute atomic E-state index is 6.17. The highest BCUT2D eigenvalue weighted by atomic mass is 35.5. The molecule has 0 bridgehead atoms. The van der Waals surface area contributed by atoms with Gasteiger partial charge < -0.3 is 0 Å². The zero-order valence-corrected chi connectivity index (χ0v) is 13.4. The van der Waals surface area contributed by atoms with E-state index in [1.54, 1.807) is 6.07 Å². The van der Waals surface area contributed by atoms with Crippen LogP contribution in [0.15, 0.2) is 12.1 Å². The van der Waals surface area contributed by atoms with Crippen LogP contribution in [0.1, 0.15) is 39.3 Å². The predicted molar refractivity (Wildman–Crippen MR) is 81.7 cm³/mol. The highest BCUT2D eigenvalue weighted by molar-refractivity contribution is 6.32. The van der Waals surface area contributed by atoms with Crippen LogP contribution >= 0.6 is 23.2 Å². The molecule has 2 heterocycles. The molecular formula is C15H22Cl2N2. The van der Waals surface area contributed by atoms with Crippen LogP contribution in [0.2, 0.25) is 10.2 Å². The standard InChI is InChI=1S/C15H22Cl2N2/c1-15(2,3)11-6-8-19(9-7-11)10-13-12(16)4-5-14(17)18-13/h4-5,11H,6-10H2,1-3H3. The number of rotatable bonds is 2. The molecule has 0 aliphatic carbocycles. The number of halogens is 2. The van der Waals surface area contributed by atoms with Gasteiger partial charge in [-0.05, 0) is 49.4 Å². The summed E-state index contributed by atoms with van der Waals surface area (Å²) in [5, 5.41) is 1.23. The van der Waals surface area contributed by atoms with Crippen molar-refractivity contribution in [1.29, 1.82) is 0 Å². The summed E-state index contributed by atoms with van der Waals surface area (Å²) in [5.41, 5.74) is 1.31. The SMILES string of the molecule is CC(C)(C)C1CCN(Cc2nc(Cl)ccc2Cl)CC1. The summed E-state index contributed by atoms with van der Waals surface area (Å²) < 4.78 is 0. The largest absolute Gasteiger partial charge is 0.297 e. The average Bonchev–Trinajstić information content (AvgIpc) is 2.33. The van der Waals surface area contributed by atoms with Crippen LogP contribution in [0, 0.1) is 11.3 Å². The molecule has 0 N–H and O–H groups in total. The van der Waals surface area contributed by atoms with E-state index in [2.05, 4.69) is 30.7 Å². The highest BCUT2D eigenvalue weighted by Crippen LogP contribution is 2.34. The molecule has 0 saturated carbocycles. The minimum atomic E-state index is 0.415. The van der Waals surface area contributed by atoms with E-state index in [9.17, 15) is 0 Å². The van der Waals surface area contributed by atoms with Gasteiger partial charge in [-0.25, -0.2) is 4.98 Å². The number of hydrogen-bond donors (Lipinski definition) is 0. The van der Waals surface area contributed by atoms with Gasteiger partial charge in [-0.1, -0.05) is 44.0 Å². The molecule has 1 aromatic heterocycles. The number of aromatic nitrogens is 1. The Morgan fingerprint density at radius 2 is 1.84 bits per heavy atom. The van der Waals surface area contributed by atoms with Crippen molar-refractivity contribution in [3.05, 3.63) is 28.0 Å². The Morgan fingerprint density at radius 1 is 1.21 bits per heavy atom. The summed E-state index contributed by atoms with van der Waals surface area (Å²) in [6.07, 6.45) is 2.50. The summed E-state index contributed by atoms with van der Waals surface area (Å²) in [7, 11) is 0. The van der Waals surface area contributed by atoms with Gasteiger partial charge in [0.1, 0.15) is 5.15 Å². The van der Waals surface area contributed by atoms with E-state index >= 15 is 0 Å². The molecule has 0 spiro atoms. The lowest BCUT2D eigenvalue weighted by atomic mass is 9.75. The third kappa shape index (κ3) is 4.08. The van der Waals surface area contributed by atoms with Crippen LogP contribution in [-0.2, 0) is 6.54 Å². The second-order valence-electron chi connectivity index (χ2n) is 6.48. The van der Waals surface area contributed by atoms with Gasteiger partial charge in [0.15, 0.2) is 0 Å². The molecule has 2 rings (SSSR count). The summed E-state index contributed by atoms with van der Waals surface area (Å²) in [4.78, 5) is 6.75. The van der Waals surface area contributed by atoms with Gasteiger partial charge in [0.2, 0.25) is 0 Å². The van der Waals surface area contributed by atoms with Gasteiger partial charge in [-0.2, -0.15) is 0 Å². The Labute approximate surface area is 126 Å². The van der Waals surface area contributed by atoms with Crippen molar-refractivity contribution in [3.63, 3.8) is 0 Å². The Kier molecular flexibility index (Phi) is 4.75. The molecule has 19 heavy (non-hydrogen) atoms. The molecule has 0 atom stereocenters. The zero-order valence-electron chi connectivity index (χ0n) is 11.9. The summed E-state index contributed by atoms with van der Waals surface area (Å²) in [5.74, 6) is 0.812. The predicted octanol–water partition coefficient (Wildman–Crippen LogP) is 4.65. The van der Waals surface area contributed by atoms with Crippen LogP contribution < -0.4 is 0 Å². The fraction of sp³-hybridized carbons (Fsp3) is 0.667.